The normalized spacial score (nSPS) is 22.4. The van der Waals surface area contributed by atoms with Crippen molar-refractivity contribution in [1.29, 1.82) is 0 Å². The highest BCUT2D eigenvalue weighted by Crippen LogP contribution is 2.23. The third-order valence-corrected chi connectivity index (χ3v) is 5.42. The average molecular weight is 345 g/mol. The topological polar surface area (TPSA) is 48.5 Å². The van der Waals surface area contributed by atoms with Crippen LogP contribution in [0, 0.1) is 0 Å². The zero-order valence-corrected chi connectivity index (χ0v) is 15.5. The fraction of sp³-hybridized carbons (Fsp3) is 0.700. The molecule has 2 aliphatic rings. The van der Waals surface area contributed by atoms with Crippen LogP contribution in [0.5, 0.6) is 0 Å². The minimum absolute atomic E-state index is 0.0259. The molecule has 1 unspecified atom stereocenters. The number of likely N-dealkylation sites (tertiary alicyclic amines) is 1. The lowest BCUT2D eigenvalue weighted by molar-refractivity contribution is 0.0953. The fourth-order valence-electron chi connectivity index (χ4n) is 3.97. The van der Waals surface area contributed by atoms with Crippen LogP contribution in [0.1, 0.15) is 62.2 Å². The van der Waals surface area contributed by atoms with E-state index in [0.717, 1.165) is 25.3 Å². The van der Waals surface area contributed by atoms with E-state index in [2.05, 4.69) is 27.0 Å². The second-order valence-electron chi connectivity index (χ2n) is 7.35. The maximum Gasteiger partial charge on any atom is 0.252 e. The molecule has 3 rings (SSSR count). The molecule has 5 nitrogen and oxygen atoms in total. The average Bonchev–Trinajstić information content (AvgIpc) is 2.96. The molecule has 1 atom stereocenters. The molecular formula is C20H32N4O. The molecule has 0 aliphatic carbocycles. The maximum absolute atomic E-state index is 12.0. The summed E-state index contributed by atoms with van der Waals surface area (Å²) in [5.74, 6) is 0.980. The van der Waals surface area contributed by atoms with Crippen molar-refractivity contribution in [3.63, 3.8) is 0 Å². The minimum Gasteiger partial charge on any atom is -0.355 e. The molecule has 0 spiro atoms. The van der Waals surface area contributed by atoms with Crippen LogP contribution in [0.25, 0.3) is 0 Å². The Morgan fingerprint density at radius 3 is 2.64 bits per heavy atom. The van der Waals surface area contributed by atoms with Gasteiger partial charge in [-0.15, -0.1) is 0 Å². The summed E-state index contributed by atoms with van der Waals surface area (Å²) in [6.45, 7) is 7.40. The van der Waals surface area contributed by atoms with Gasteiger partial charge in [0.05, 0.1) is 5.56 Å². The van der Waals surface area contributed by atoms with Crippen LogP contribution in [0.2, 0.25) is 0 Å². The van der Waals surface area contributed by atoms with Crippen molar-refractivity contribution in [3.05, 3.63) is 23.9 Å². The summed E-state index contributed by atoms with van der Waals surface area (Å²) in [5.41, 5.74) is 0.651. The molecule has 1 aromatic rings. The molecule has 2 aliphatic heterocycles. The predicted octanol–water partition coefficient (Wildman–Crippen LogP) is 3.07. The van der Waals surface area contributed by atoms with E-state index in [1.807, 2.05) is 12.1 Å². The molecule has 2 fully saturated rings. The fourth-order valence-corrected chi connectivity index (χ4v) is 3.97. The third kappa shape index (κ3) is 4.94. The van der Waals surface area contributed by atoms with Crippen molar-refractivity contribution >= 4 is 11.7 Å². The minimum atomic E-state index is -0.0259. The van der Waals surface area contributed by atoms with Gasteiger partial charge in [-0.1, -0.05) is 19.8 Å². The van der Waals surface area contributed by atoms with Crippen molar-refractivity contribution in [3.8, 4) is 0 Å². The monoisotopic (exact) mass is 344 g/mol. The first-order chi connectivity index (χ1) is 12.3. The highest BCUT2D eigenvalue weighted by atomic mass is 16.1. The summed E-state index contributed by atoms with van der Waals surface area (Å²) < 4.78 is 0. The molecule has 1 amide bonds. The van der Waals surface area contributed by atoms with Gasteiger partial charge < -0.3 is 10.2 Å². The number of carbonyl (C=O) groups is 1. The van der Waals surface area contributed by atoms with E-state index in [9.17, 15) is 4.79 Å². The second kappa shape index (κ2) is 9.18. The summed E-state index contributed by atoms with van der Waals surface area (Å²) in [6, 6.07) is 4.57. The summed E-state index contributed by atoms with van der Waals surface area (Å²) >= 11 is 0. The molecule has 0 bridgehead atoms. The Hall–Kier alpha value is -1.62. The van der Waals surface area contributed by atoms with E-state index in [1.165, 1.54) is 51.6 Å². The van der Waals surface area contributed by atoms with Gasteiger partial charge in [-0.25, -0.2) is 4.98 Å². The standard InChI is InChI=1S/C20H32N4O/c1-2-11-21-20(25)17-9-10-19(22-15-17)24-14-7-8-18(16-24)23-12-5-3-4-6-13-23/h9-10,15,18H,2-8,11-14,16H2,1H3,(H,21,25). The molecule has 2 saturated heterocycles. The first-order valence-corrected chi connectivity index (χ1v) is 10.0. The molecule has 5 heteroatoms. The molecule has 1 aromatic heterocycles. The number of pyridine rings is 1. The van der Waals surface area contributed by atoms with Crippen LogP contribution < -0.4 is 10.2 Å². The quantitative estimate of drug-likeness (QED) is 0.892. The molecule has 0 aromatic carbocycles. The Morgan fingerprint density at radius 2 is 1.96 bits per heavy atom. The smallest absolute Gasteiger partial charge is 0.252 e. The first-order valence-electron chi connectivity index (χ1n) is 10.0. The molecule has 25 heavy (non-hydrogen) atoms. The van der Waals surface area contributed by atoms with Gasteiger partial charge in [-0.2, -0.15) is 0 Å². The molecule has 138 valence electrons. The number of anilines is 1. The van der Waals surface area contributed by atoms with Gasteiger partial charge in [-0.3, -0.25) is 9.69 Å². The Morgan fingerprint density at radius 1 is 1.16 bits per heavy atom. The van der Waals surface area contributed by atoms with E-state index < -0.39 is 0 Å². The molecular weight excluding hydrogens is 312 g/mol. The van der Waals surface area contributed by atoms with Gasteiger partial charge in [0, 0.05) is 31.9 Å². The van der Waals surface area contributed by atoms with Gasteiger partial charge in [0.15, 0.2) is 0 Å². The van der Waals surface area contributed by atoms with Crippen LogP contribution in [0.15, 0.2) is 18.3 Å². The van der Waals surface area contributed by atoms with E-state index in [-0.39, 0.29) is 5.91 Å². The highest BCUT2D eigenvalue weighted by Gasteiger charge is 2.26. The molecule has 0 saturated carbocycles. The number of hydrogen-bond donors (Lipinski definition) is 1. The van der Waals surface area contributed by atoms with E-state index >= 15 is 0 Å². The number of piperidine rings is 1. The number of nitrogens with one attached hydrogen (secondary N) is 1. The van der Waals surface area contributed by atoms with Crippen molar-refractivity contribution < 1.29 is 4.79 Å². The number of aromatic nitrogens is 1. The van der Waals surface area contributed by atoms with E-state index in [1.54, 1.807) is 6.20 Å². The van der Waals surface area contributed by atoms with Crippen molar-refractivity contribution in [2.45, 2.75) is 57.9 Å². The largest absolute Gasteiger partial charge is 0.355 e. The SMILES string of the molecule is CCCNC(=O)c1ccc(N2CCCC(N3CCCCCC3)C2)nc1. The Kier molecular flexibility index (Phi) is 6.68. The lowest BCUT2D eigenvalue weighted by atomic mass is 10.0. The van der Waals surface area contributed by atoms with Crippen LogP contribution in [0.3, 0.4) is 0 Å². The van der Waals surface area contributed by atoms with Gasteiger partial charge in [-0.05, 0) is 57.3 Å². The first kappa shape index (κ1) is 18.2. The van der Waals surface area contributed by atoms with Gasteiger partial charge >= 0.3 is 0 Å². The second-order valence-corrected chi connectivity index (χ2v) is 7.35. The predicted molar refractivity (Wildman–Crippen MR) is 102 cm³/mol. The zero-order valence-electron chi connectivity index (χ0n) is 15.5. The van der Waals surface area contributed by atoms with Crippen LogP contribution in [-0.4, -0.2) is 54.6 Å². The van der Waals surface area contributed by atoms with Crippen molar-refractivity contribution in [1.82, 2.24) is 15.2 Å². The van der Waals surface area contributed by atoms with Gasteiger partial charge in [0.2, 0.25) is 0 Å². The van der Waals surface area contributed by atoms with Crippen LogP contribution >= 0.6 is 0 Å². The third-order valence-electron chi connectivity index (χ3n) is 5.42. The Bertz CT molecular complexity index is 537. The maximum atomic E-state index is 12.0. The summed E-state index contributed by atoms with van der Waals surface area (Å²) in [6.07, 6.45) is 10.6. The van der Waals surface area contributed by atoms with Crippen molar-refractivity contribution in [2.75, 3.05) is 37.6 Å². The number of hydrogen-bond acceptors (Lipinski definition) is 4. The number of amides is 1. The van der Waals surface area contributed by atoms with Crippen LogP contribution in [-0.2, 0) is 0 Å². The van der Waals surface area contributed by atoms with E-state index in [0.29, 0.717) is 18.2 Å². The molecule has 0 radical (unpaired) electrons. The number of carbonyl (C=O) groups excluding carboxylic acids is 1. The van der Waals surface area contributed by atoms with Gasteiger partial charge in [0.1, 0.15) is 5.82 Å². The number of rotatable bonds is 5. The Labute approximate surface area is 151 Å². The summed E-state index contributed by atoms with van der Waals surface area (Å²) in [5, 5.41) is 2.90. The lowest BCUT2D eigenvalue weighted by Gasteiger charge is -2.39. The number of nitrogens with zero attached hydrogens (tertiary/aromatic N) is 3. The molecule has 1 N–H and O–H groups in total. The van der Waals surface area contributed by atoms with Crippen molar-refractivity contribution in [2.24, 2.45) is 0 Å². The van der Waals surface area contributed by atoms with E-state index in [4.69, 9.17) is 0 Å². The zero-order chi connectivity index (χ0) is 17.5. The Balaban J connectivity index is 1.60. The summed E-state index contributed by atoms with van der Waals surface area (Å²) in [4.78, 5) is 21.7. The molecule has 3 heterocycles. The highest BCUT2D eigenvalue weighted by molar-refractivity contribution is 5.94. The van der Waals surface area contributed by atoms with Crippen LogP contribution in [0.4, 0.5) is 5.82 Å². The lowest BCUT2D eigenvalue weighted by Crippen LogP contribution is -2.48. The summed E-state index contributed by atoms with van der Waals surface area (Å²) in [7, 11) is 0. The van der Waals surface area contributed by atoms with Gasteiger partial charge in [0.25, 0.3) is 5.91 Å².